The molecule has 6 nitrogen and oxygen atoms in total. The molecular formula is C14H7Cl2NO5. The first-order chi connectivity index (χ1) is 10.5. The molecule has 0 saturated heterocycles. The van der Waals surface area contributed by atoms with Gasteiger partial charge in [-0.3, -0.25) is 9.78 Å². The predicted molar refractivity (Wildman–Crippen MR) is 76.8 cm³/mol. The largest absolute Gasteiger partial charge is 0.476 e. The molecular weight excluding hydrogens is 333 g/mol. The minimum Gasteiger partial charge on any atom is -0.476 e. The molecule has 0 amide bonds. The van der Waals surface area contributed by atoms with Gasteiger partial charge in [0.25, 0.3) is 0 Å². The third-order valence-corrected chi connectivity index (χ3v) is 3.81. The predicted octanol–water partition coefficient (Wildman–Crippen LogP) is 2.80. The van der Waals surface area contributed by atoms with Crippen LogP contribution in [0.5, 0.6) is 11.5 Å². The number of carbonyl (C=O) groups excluding carboxylic acids is 1. The van der Waals surface area contributed by atoms with Gasteiger partial charge >= 0.3 is 12.3 Å². The Kier molecular flexibility index (Phi) is 3.64. The van der Waals surface area contributed by atoms with Crippen LogP contribution in [-0.4, -0.2) is 28.1 Å². The number of ketones is 1. The molecule has 0 saturated carbocycles. The van der Waals surface area contributed by atoms with E-state index in [0.29, 0.717) is 5.56 Å². The van der Waals surface area contributed by atoms with Gasteiger partial charge < -0.3 is 14.6 Å². The lowest BCUT2D eigenvalue weighted by Gasteiger charge is -2.07. The molecule has 3 rings (SSSR count). The summed E-state index contributed by atoms with van der Waals surface area (Å²) in [6, 6.07) is 4.49. The zero-order chi connectivity index (χ0) is 15.9. The van der Waals surface area contributed by atoms with Crippen molar-refractivity contribution in [3.63, 3.8) is 0 Å². The van der Waals surface area contributed by atoms with Gasteiger partial charge in [0.1, 0.15) is 5.02 Å². The van der Waals surface area contributed by atoms with Gasteiger partial charge in [0.15, 0.2) is 17.3 Å². The summed E-state index contributed by atoms with van der Waals surface area (Å²) in [5, 5.41) is 8.79. The number of nitrogens with zero attached hydrogens (tertiary/aromatic N) is 1. The molecule has 1 aromatic carbocycles. The first kappa shape index (κ1) is 14.6. The lowest BCUT2D eigenvalue weighted by Crippen LogP contribution is -2.28. The number of hydrogen-bond donors (Lipinski definition) is 1. The Bertz CT molecular complexity index is 779. The van der Waals surface area contributed by atoms with E-state index in [1.165, 1.54) is 18.5 Å². The Balaban J connectivity index is 2.06. The number of carboxylic acids is 1. The number of hydrogen-bond acceptors (Lipinski definition) is 5. The second-order valence-corrected chi connectivity index (χ2v) is 5.11. The quantitative estimate of drug-likeness (QED) is 0.865. The molecule has 1 aromatic heterocycles. The van der Waals surface area contributed by atoms with E-state index >= 15 is 0 Å². The van der Waals surface area contributed by atoms with Crippen LogP contribution in [0.4, 0.5) is 0 Å². The van der Waals surface area contributed by atoms with Crippen molar-refractivity contribution < 1.29 is 24.2 Å². The molecule has 1 atom stereocenters. The van der Waals surface area contributed by atoms with Crippen molar-refractivity contribution in [2.24, 2.45) is 0 Å². The molecule has 1 aliphatic rings. The molecule has 0 radical (unpaired) electrons. The minimum atomic E-state index is -1.52. The third-order valence-electron chi connectivity index (χ3n) is 2.96. The number of carboxylic acid groups (broad SMARTS) is 1. The van der Waals surface area contributed by atoms with E-state index in [1.54, 1.807) is 12.1 Å². The van der Waals surface area contributed by atoms with Crippen LogP contribution in [0.1, 0.15) is 15.9 Å². The van der Waals surface area contributed by atoms with Crippen LogP contribution >= 0.6 is 23.2 Å². The Morgan fingerprint density at radius 3 is 2.64 bits per heavy atom. The standard InChI is InChI=1S/C14H7Cl2NO5/c15-9-7(11(18)6-2-1-3-17-5-6)4-8-12(10(9)16)22-14(21-8)13(19)20/h1-5,14H,(H,19,20). The van der Waals surface area contributed by atoms with Crippen LogP contribution in [0.2, 0.25) is 10.0 Å². The Morgan fingerprint density at radius 2 is 2.00 bits per heavy atom. The summed E-state index contributed by atoms with van der Waals surface area (Å²) in [5.74, 6) is -1.68. The van der Waals surface area contributed by atoms with Gasteiger partial charge in [0.05, 0.1) is 5.02 Å². The highest BCUT2D eigenvalue weighted by molar-refractivity contribution is 6.45. The molecule has 2 heterocycles. The molecule has 22 heavy (non-hydrogen) atoms. The van der Waals surface area contributed by atoms with Gasteiger partial charge in [-0.25, -0.2) is 4.79 Å². The van der Waals surface area contributed by atoms with Gasteiger partial charge in [-0.05, 0) is 18.2 Å². The summed E-state index contributed by atoms with van der Waals surface area (Å²) < 4.78 is 10.2. The highest BCUT2D eigenvalue weighted by Crippen LogP contribution is 2.46. The van der Waals surface area contributed by atoms with E-state index < -0.39 is 18.0 Å². The van der Waals surface area contributed by atoms with Crippen LogP contribution < -0.4 is 9.47 Å². The molecule has 0 aliphatic carbocycles. The number of halogens is 2. The van der Waals surface area contributed by atoms with E-state index in [9.17, 15) is 9.59 Å². The van der Waals surface area contributed by atoms with Gasteiger partial charge in [-0.2, -0.15) is 0 Å². The summed E-state index contributed by atoms with van der Waals surface area (Å²) >= 11 is 12.1. The van der Waals surface area contributed by atoms with Crippen molar-refractivity contribution in [2.75, 3.05) is 0 Å². The van der Waals surface area contributed by atoms with Crippen LogP contribution in [0.15, 0.2) is 30.6 Å². The zero-order valence-electron chi connectivity index (χ0n) is 10.7. The maximum atomic E-state index is 12.4. The molecule has 112 valence electrons. The van der Waals surface area contributed by atoms with Crippen molar-refractivity contribution >= 4 is 35.0 Å². The summed E-state index contributed by atoms with van der Waals surface area (Å²) in [6.07, 6.45) is 1.40. The van der Waals surface area contributed by atoms with E-state index in [-0.39, 0.29) is 27.1 Å². The number of ether oxygens (including phenoxy) is 2. The van der Waals surface area contributed by atoms with Crippen LogP contribution in [0.25, 0.3) is 0 Å². The second kappa shape index (κ2) is 5.47. The van der Waals surface area contributed by atoms with Gasteiger partial charge in [-0.1, -0.05) is 23.2 Å². The molecule has 0 bridgehead atoms. The minimum absolute atomic E-state index is 0.00167. The third kappa shape index (κ3) is 2.36. The number of aliphatic carboxylic acids is 1. The van der Waals surface area contributed by atoms with Gasteiger partial charge in [0, 0.05) is 23.5 Å². The maximum absolute atomic E-state index is 12.4. The second-order valence-electron chi connectivity index (χ2n) is 4.36. The van der Waals surface area contributed by atoms with Gasteiger partial charge in [-0.15, -0.1) is 0 Å². The summed E-state index contributed by atoms with van der Waals surface area (Å²) in [5.41, 5.74) is 0.391. The average molecular weight is 340 g/mol. The molecule has 8 heteroatoms. The average Bonchev–Trinajstić information content (AvgIpc) is 2.95. The van der Waals surface area contributed by atoms with Crippen LogP contribution in [0, 0.1) is 0 Å². The van der Waals surface area contributed by atoms with Gasteiger partial charge in [0.2, 0.25) is 0 Å². The van der Waals surface area contributed by atoms with Crippen molar-refractivity contribution in [1.29, 1.82) is 0 Å². The molecule has 1 N–H and O–H groups in total. The molecule has 2 aromatic rings. The Hall–Kier alpha value is -2.31. The van der Waals surface area contributed by atoms with Crippen LogP contribution in [-0.2, 0) is 4.79 Å². The number of carbonyl (C=O) groups is 2. The highest BCUT2D eigenvalue weighted by atomic mass is 35.5. The molecule has 1 unspecified atom stereocenters. The molecule has 1 aliphatic heterocycles. The first-order valence-electron chi connectivity index (χ1n) is 6.02. The van der Waals surface area contributed by atoms with E-state index in [2.05, 4.69) is 4.98 Å². The summed E-state index contributed by atoms with van der Waals surface area (Å²) in [4.78, 5) is 27.2. The first-order valence-corrected chi connectivity index (χ1v) is 6.77. The van der Waals surface area contributed by atoms with E-state index in [0.717, 1.165) is 0 Å². The molecule has 0 spiro atoms. The number of benzene rings is 1. The number of pyridine rings is 1. The fourth-order valence-electron chi connectivity index (χ4n) is 1.95. The fourth-order valence-corrected chi connectivity index (χ4v) is 2.41. The topological polar surface area (TPSA) is 85.7 Å². The van der Waals surface area contributed by atoms with E-state index in [4.69, 9.17) is 37.8 Å². The van der Waals surface area contributed by atoms with Crippen LogP contribution in [0.3, 0.4) is 0 Å². The number of rotatable bonds is 3. The lowest BCUT2D eigenvalue weighted by molar-refractivity contribution is -0.154. The molecule has 0 fully saturated rings. The van der Waals surface area contributed by atoms with Crippen molar-refractivity contribution in [2.45, 2.75) is 6.29 Å². The monoisotopic (exact) mass is 339 g/mol. The number of aromatic nitrogens is 1. The zero-order valence-corrected chi connectivity index (χ0v) is 12.3. The normalized spacial score (nSPS) is 15.6. The summed E-state index contributed by atoms with van der Waals surface area (Å²) in [6.45, 7) is 0. The Morgan fingerprint density at radius 1 is 1.23 bits per heavy atom. The summed E-state index contributed by atoms with van der Waals surface area (Å²) in [7, 11) is 0. The maximum Gasteiger partial charge on any atom is 0.387 e. The smallest absolute Gasteiger partial charge is 0.387 e. The number of fused-ring (bicyclic) bond motifs is 1. The van der Waals surface area contributed by atoms with E-state index in [1.807, 2.05) is 0 Å². The highest BCUT2D eigenvalue weighted by Gasteiger charge is 2.35. The SMILES string of the molecule is O=C(c1cccnc1)c1cc2c(c(Cl)c1Cl)OC(C(=O)O)O2. The fraction of sp³-hybridized carbons (Fsp3) is 0.0714. The van der Waals surface area contributed by atoms with Crippen molar-refractivity contribution in [3.8, 4) is 11.5 Å². The lowest BCUT2D eigenvalue weighted by atomic mass is 10.0. The Labute approximate surface area is 134 Å². The van der Waals surface area contributed by atoms with Crippen molar-refractivity contribution in [1.82, 2.24) is 4.98 Å². The van der Waals surface area contributed by atoms with Crippen molar-refractivity contribution in [3.05, 3.63) is 51.8 Å².